The zero-order valence-corrected chi connectivity index (χ0v) is 14.5. The highest BCUT2D eigenvalue weighted by atomic mass is 19.2. The van der Waals surface area contributed by atoms with E-state index in [1.807, 2.05) is 0 Å². The first-order chi connectivity index (χ1) is 13.1. The molecule has 1 aromatic heterocycles. The molecule has 0 spiro atoms. The number of methoxy groups -OCH3 is 1. The molecule has 0 aliphatic heterocycles. The summed E-state index contributed by atoms with van der Waals surface area (Å²) in [5.41, 5.74) is 0.916. The molecule has 1 amide bonds. The van der Waals surface area contributed by atoms with Gasteiger partial charge in [0.15, 0.2) is 11.6 Å². The Labute approximate surface area is 154 Å². The molecule has 27 heavy (non-hydrogen) atoms. The van der Waals surface area contributed by atoms with Gasteiger partial charge in [-0.1, -0.05) is 0 Å². The van der Waals surface area contributed by atoms with Crippen molar-refractivity contribution in [2.75, 3.05) is 20.3 Å². The lowest BCUT2D eigenvalue weighted by Gasteiger charge is -2.07. The topological polar surface area (TPSA) is 76.2 Å². The van der Waals surface area contributed by atoms with Crippen molar-refractivity contribution < 1.29 is 23.0 Å². The van der Waals surface area contributed by atoms with Crippen LogP contribution in [0.3, 0.4) is 0 Å². The van der Waals surface area contributed by atoms with Crippen molar-refractivity contribution in [3.8, 4) is 22.8 Å². The number of H-pyrrole nitrogens is 1. The predicted molar refractivity (Wildman–Crippen MR) is 94.8 cm³/mol. The third kappa shape index (κ3) is 4.60. The van der Waals surface area contributed by atoms with E-state index in [1.54, 1.807) is 31.4 Å². The monoisotopic (exact) mass is 373 g/mol. The Balaban J connectivity index is 1.51. The van der Waals surface area contributed by atoms with Crippen LogP contribution in [0, 0.1) is 11.6 Å². The smallest absolute Gasteiger partial charge is 0.269 e. The van der Waals surface area contributed by atoms with E-state index in [0.29, 0.717) is 17.0 Å². The van der Waals surface area contributed by atoms with Gasteiger partial charge in [0.05, 0.1) is 19.3 Å². The van der Waals surface area contributed by atoms with Gasteiger partial charge < -0.3 is 14.8 Å². The largest absolute Gasteiger partial charge is 0.497 e. The quantitative estimate of drug-likeness (QED) is 0.624. The number of carbonyl (C=O) groups excluding carboxylic acids is 1. The lowest BCUT2D eigenvalue weighted by Crippen LogP contribution is -2.28. The van der Waals surface area contributed by atoms with Crippen LogP contribution in [0.4, 0.5) is 8.78 Å². The summed E-state index contributed by atoms with van der Waals surface area (Å²) in [5.74, 6) is -0.907. The van der Waals surface area contributed by atoms with Crippen molar-refractivity contribution in [3.63, 3.8) is 0 Å². The van der Waals surface area contributed by atoms with Crippen molar-refractivity contribution >= 4 is 5.91 Å². The highest BCUT2D eigenvalue weighted by molar-refractivity contribution is 5.93. The van der Waals surface area contributed by atoms with Gasteiger partial charge in [0.25, 0.3) is 5.91 Å². The second kappa shape index (κ2) is 8.31. The molecular weight excluding hydrogens is 356 g/mol. The van der Waals surface area contributed by atoms with Gasteiger partial charge in [0.1, 0.15) is 23.8 Å². The Bertz CT molecular complexity index is 926. The van der Waals surface area contributed by atoms with Crippen LogP contribution in [0.15, 0.2) is 48.5 Å². The van der Waals surface area contributed by atoms with Crippen LogP contribution in [-0.2, 0) is 0 Å². The molecule has 8 heteroatoms. The van der Waals surface area contributed by atoms with E-state index in [-0.39, 0.29) is 24.8 Å². The number of hydrogen-bond donors (Lipinski definition) is 2. The average molecular weight is 373 g/mol. The maximum atomic E-state index is 13.3. The minimum Gasteiger partial charge on any atom is -0.497 e. The molecule has 0 aliphatic rings. The molecular formula is C19H17F2N3O3. The molecule has 0 saturated carbocycles. The summed E-state index contributed by atoms with van der Waals surface area (Å²) in [4.78, 5) is 12.1. The van der Waals surface area contributed by atoms with Gasteiger partial charge in [-0.05, 0) is 48.5 Å². The minimum absolute atomic E-state index is 0.208. The molecule has 0 aliphatic carbocycles. The van der Waals surface area contributed by atoms with Crippen LogP contribution in [-0.4, -0.2) is 36.4 Å². The molecule has 0 fully saturated rings. The summed E-state index contributed by atoms with van der Waals surface area (Å²) in [6.07, 6.45) is 0. The fraction of sp³-hybridized carbons (Fsp3) is 0.158. The minimum atomic E-state index is -0.975. The number of amides is 1. The maximum absolute atomic E-state index is 13.3. The van der Waals surface area contributed by atoms with Crippen LogP contribution in [0.1, 0.15) is 10.5 Å². The van der Waals surface area contributed by atoms with E-state index in [4.69, 9.17) is 9.47 Å². The molecule has 2 N–H and O–H groups in total. The number of halogens is 2. The van der Waals surface area contributed by atoms with Gasteiger partial charge in [0.2, 0.25) is 0 Å². The summed E-state index contributed by atoms with van der Waals surface area (Å²) in [6, 6.07) is 12.0. The first-order valence-corrected chi connectivity index (χ1v) is 8.12. The average Bonchev–Trinajstić information content (AvgIpc) is 3.18. The molecule has 6 nitrogen and oxygen atoms in total. The first-order valence-electron chi connectivity index (χ1n) is 8.12. The number of rotatable bonds is 7. The number of nitrogens with one attached hydrogen (secondary N) is 2. The number of nitrogens with zero attached hydrogens (tertiary/aromatic N) is 1. The van der Waals surface area contributed by atoms with Crippen LogP contribution in [0.2, 0.25) is 0 Å². The fourth-order valence-corrected chi connectivity index (χ4v) is 2.34. The fourth-order valence-electron chi connectivity index (χ4n) is 2.34. The standard InChI is InChI=1S/C19H17F2N3O3/c1-26-13-3-5-14(6-4-13)27-9-8-22-19(25)18-11-17(23-24-18)12-2-7-15(20)16(21)10-12/h2-7,10-11H,8-9H2,1H3,(H,22,25)(H,23,24). The summed E-state index contributed by atoms with van der Waals surface area (Å²) in [5, 5.41) is 9.21. The molecule has 0 saturated heterocycles. The molecule has 1 heterocycles. The van der Waals surface area contributed by atoms with Crippen molar-refractivity contribution in [3.05, 3.63) is 65.9 Å². The molecule has 3 rings (SSSR count). The lowest BCUT2D eigenvalue weighted by atomic mass is 10.1. The summed E-state index contributed by atoms with van der Waals surface area (Å²) >= 11 is 0. The Morgan fingerprint density at radius 3 is 2.52 bits per heavy atom. The van der Waals surface area contributed by atoms with E-state index in [1.165, 1.54) is 12.1 Å². The molecule has 0 unspecified atom stereocenters. The van der Waals surface area contributed by atoms with Gasteiger partial charge in [-0.2, -0.15) is 5.10 Å². The maximum Gasteiger partial charge on any atom is 0.269 e. The highest BCUT2D eigenvalue weighted by Crippen LogP contribution is 2.20. The van der Waals surface area contributed by atoms with Crippen molar-refractivity contribution in [1.82, 2.24) is 15.5 Å². The van der Waals surface area contributed by atoms with E-state index < -0.39 is 11.6 Å². The third-order valence-corrected chi connectivity index (χ3v) is 3.75. The van der Waals surface area contributed by atoms with Gasteiger partial charge in [-0.3, -0.25) is 9.89 Å². The Hall–Kier alpha value is -3.42. The van der Waals surface area contributed by atoms with Gasteiger partial charge in [-0.15, -0.1) is 0 Å². The third-order valence-electron chi connectivity index (χ3n) is 3.75. The lowest BCUT2D eigenvalue weighted by molar-refractivity contribution is 0.0942. The number of aromatic nitrogens is 2. The Morgan fingerprint density at radius 1 is 1.07 bits per heavy atom. The van der Waals surface area contributed by atoms with Crippen molar-refractivity contribution in [2.24, 2.45) is 0 Å². The summed E-state index contributed by atoms with van der Waals surface area (Å²) < 4.78 is 36.9. The van der Waals surface area contributed by atoms with Gasteiger partial charge in [0, 0.05) is 5.56 Å². The molecule has 3 aromatic rings. The molecule has 0 bridgehead atoms. The molecule has 2 aromatic carbocycles. The van der Waals surface area contributed by atoms with Crippen LogP contribution >= 0.6 is 0 Å². The zero-order valence-electron chi connectivity index (χ0n) is 14.5. The second-order valence-electron chi connectivity index (χ2n) is 5.58. The van der Waals surface area contributed by atoms with E-state index in [9.17, 15) is 13.6 Å². The zero-order chi connectivity index (χ0) is 19.2. The molecule has 0 atom stereocenters. The van der Waals surface area contributed by atoms with Crippen LogP contribution in [0.25, 0.3) is 11.3 Å². The number of carbonyl (C=O) groups is 1. The van der Waals surface area contributed by atoms with Gasteiger partial charge in [-0.25, -0.2) is 8.78 Å². The highest BCUT2D eigenvalue weighted by Gasteiger charge is 2.12. The normalized spacial score (nSPS) is 10.5. The summed E-state index contributed by atoms with van der Waals surface area (Å²) in [7, 11) is 1.58. The van der Waals surface area contributed by atoms with E-state index in [0.717, 1.165) is 17.9 Å². The van der Waals surface area contributed by atoms with E-state index >= 15 is 0 Å². The van der Waals surface area contributed by atoms with Crippen molar-refractivity contribution in [1.29, 1.82) is 0 Å². The van der Waals surface area contributed by atoms with Gasteiger partial charge >= 0.3 is 0 Å². The van der Waals surface area contributed by atoms with Crippen LogP contribution < -0.4 is 14.8 Å². The van der Waals surface area contributed by atoms with Crippen molar-refractivity contribution in [2.45, 2.75) is 0 Å². The molecule has 0 radical (unpaired) electrons. The summed E-state index contributed by atoms with van der Waals surface area (Å²) in [6.45, 7) is 0.562. The van der Waals surface area contributed by atoms with E-state index in [2.05, 4.69) is 15.5 Å². The SMILES string of the molecule is COc1ccc(OCCNC(=O)c2cc(-c3ccc(F)c(F)c3)n[nH]2)cc1. The number of hydrogen-bond acceptors (Lipinski definition) is 4. The Morgan fingerprint density at radius 2 is 1.81 bits per heavy atom. The predicted octanol–water partition coefficient (Wildman–Crippen LogP) is 3.17. The Kier molecular flexibility index (Phi) is 5.65. The number of benzene rings is 2. The molecule has 140 valence electrons. The van der Waals surface area contributed by atoms with Crippen LogP contribution in [0.5, 0.6) is 11.5 Å². The number of aromatic amines is 1. The first kappa shape index (κ1) is 18.4. The number of ether oxygens (including phenoxy) is 2. The second-order valence-corrected chi connectivity index (χ2v) is 5.58.